The number of carbonyl (C=O) groups is 2. The molecule has 36 heavy (non-hydrogen) atoms. The molecule has 1 fully saturated rings. The molecule has 0 saturated carbocycles. The van der Waals surface area contributed by atoms with E-state index in [4.69, 9.17) is 0 Å². The summed E-state index contributed by atoms with van der Waals surface area (Å²) in [5.74, 6) is -0.234. The van der Waals surface area contributed by atoms with Crippen molar-refractivity contribution in [2.45, 2.75) is 45.5 Å². The number of halogens is 3. The highest BCUT2D eigenvalue weighted by molar-refractivity contribution is 5.85. The summed E-state index contributed by atoms with van der Waals surface area (Å²) >= 11 is 0. The summed E-state index contributed by atoms with van der Waals surface area (Å²) < 4.78 is 40.8. The van der Waals surface area contributed by atoms with Crippen LogP contribution >= 0.6 is 0 Å². The molecular formula is C27H33F3N4O2. The molecule has 2 aliphatic heterocycles. The zero-order valence-electron chi connectivity index (χ0n) is 20.6. The van der Waals surface area contributed by atoms with Gasteiger partial charge in [-0.1, -0.05) is 30.3 Å². The lowest BCUT2D eigenvalue weighted by molar-refractivity contribution is -0.139. The van der Waals surface area contributed by atoms with Crippen LogP contribution in [0.4, 0.5) is 18.9 Å². The van der Waals surface area contributed by atoms with Crippen molar-refractivity contribution >= 4 is 17.5 Å². The Kier molecular flexibility index (Phi) is 8.18. The molecule has 0 atom stereocenters. The molecule has 2 amide bonds. The van der Waals surface area contributed by atoms with E-state index >= 15 is 0 Å². The number of likely N-dealkylation sites (N-methyl/N-ethyl adjacent to an activating group) is 1. The van der Waals surface area contributed by atoms with Gasteiger partial charge < -0.3 is 20.0 Å². The summed E-state index contributed by atoms with van der Waals surface area (Å²) in [5, 5.41) is 3.17. The minimum absolute atomic E-state index is 0.0431. The van der Waals surface area contributed by atoms with E-state index in [0.29, 0.717) is 26.2 Å². The minimum atomic E-state index is -4.49. The van der Waals surface area contributed by atoms with E-state index in [1.165, 1.54) is 17.0 Å². The molecular weight excluding hydrogens is 469 g/mol. The Balaban J connectivity index is 1.49. The summed E-state index contributed by atoms with van der Waals surface area (Å²) in [7, 11) is 0. The van der Waals surface area contributed by atoms with Gasteiger partial charge in [0.1, 0.15) is 0 Å². The van der Waals surface area contributed by atoms with Crippen molar-refractivity contribution in [2.24, 2.45) is 0 Å². The van der Waals surface area contributed by atoms with E-state index in [1.54, 1.807) is 11.0 Å². The second-order valence-corrected chi connectivity index (χ2v) is 9.40. The van der Waals surface area contributed by atoms with Crippen LogP contribution < -0.4 is 5.32 Å². The molecule has 4 rings (SSSR count). The Hall–Kier alpha value is -3.07. The molecule has 0 radical (unpaired) electrons. The van der Waals surface area contributed by atoms with Crippen LogP contribution in [-0.4, -0.2) is 65.8 Å². The number of likely N-dealkylation sites (tertiary alicyclic amines) is 1. The van der Waals surface area contributed by atoms with E-state index in [2.05, 4.69) is 10.2 Å². The van der Waals surface area contributed by atoms with Crippen molar-refractivity contribution in [1.82, 2.24) is 14.7 Å². The summed E-state index contributed by atoms with van der Waals surface area (Å²) in [4.78, 5) is 31.3. The molecule has 0 aromatic heterocycles. The van der Waals surface area contributed by atoms with Crippen LogP contribution in [0.25, 0.3) is 0 Å². The van der Waals surface area contributed by atoms with Crippen molar-refractivity contribution in [3.8, 4) is 0 Å². The Bertz CT molecular complexity index is 1080. The van der Waals surface area contributed by atoms with Crippen LogP contribution in [0.5, 0.6) is 0 Å². The third kappa shape index (κ3) is 6.19. The minimum Gasteiger partial charge on any atom is -0.376 e. The fourth-order valence-corrected chi connectivity index (χ4v) is 4.99. The third-order valence-electron chi connectivity index (χ3n) is 7.05. The third-order valence-corrected chi connectivity index (χ3v) is 7.05. The van der Waals surface area contributed by atoms with Gasteiger partial charge in [-0.15, -0.1) is 0 Å². The Labute approximate surface area is 210 Å². The van der Waals surface area contributed by atoms with Gasteiger partial charge in [0.15, 0.2) is 0 Å². The quantitative estimate of drug-likeness (QED) is 0.560. The summed E-state index contributed by atoms with van der Waals surface area (Å²) in [6, 6.07) is 11.1. The molecule has 9 heteroatoms. The maximum Gasteiger partial charge on any atom is 0.416 e. The van der Waals surface area contributed by atoms with Crippen LogP contribution in [0.2, 0.25) is 0 Å². The van der Waals surface area contributed by atoms with E-state index < -0.39 is 11.7 Å². The number of anilines is 1. The Morgan fingerprint density at radius 1 is 1.08 bits per heavy atom. The van der Waals surface area contributed by atoms with Crippen LogP contribution in [0, 0.1) is 0 Å². The highest BCUT2D eigenvalue weighted by Crippen LogP contribution is 2.32. The van der Waals surface area contributed by atoms with E-state index in [1.807, 2.05) is 25.1 Å². The highest BCUT2D eigenvalue weighted by atomic mass is 19.4. The standard InChI is InChI=1S/C27H33F3N4O2/c1-2-33-18-20-9-7-11-24(22(20)16-25(33)35)31-17-26(36)34(15-14-32-12-5-6-13-32)19-21-8-3-4-10-23(21)27(28,29)30/h3-4,7-11,31H,2,5-6,12-19H2,1H3. The SMILES string of the molecule is CCN1Cc2cccc(NCC(=O)N(CCN3CCCC3)Cc3ccccc3C(F)(F)F)c2CC1=O. The molecule has 1 saturated heterocycles. The molecule has 6 nitrogen and oxygen atoms in total. The number of carbonyl (C=O) groups excluding carboxylic acids is 2. The van der Waals surface area contributed by atoms with Crippen molar-refractivity contribution in [1.29, 1.82) is 0 Å². The smallest absolute Gasteiger partial charge is 0.376 e. The second-order valence-electron chi connectivity index (χ2n) is 9.40. The van der Waals surface area contributed by atoms with Gasteiger partial charge >= 0.3 is 6.18 Å². The maximum atomic E-state index is 13.6. The topological polar surface area (TPSA) is 55.9 Å². The summed E-state index contributed by atoms with van der Waals surface area (Å²) in [6.45, 7) is 5.81. The van der Waals surface area contributed by atoms with Crippen LogP contribution in [-0.2, 0) is 35.3 Å². The van der Waals surface area contributed by atoms with Crippen molar-refractivity contribution < 1.29 is 22.8 Å². The summed E-state index contributed by atoms with van der Waals surface area (Å²) in [5.41, 5.74) is 2.01. The first-order valence-corrected chi connectivity index (χ1v) is 12.5. The van der Waals surface area contributed by atoms with Gasteiger partial charge in [-0.05, 0) is 61.7 Å². The van der Waals surface area contributed by atoms with Gasteiger partial charge in [0, 0.05) is 38.4 Å². The van der Waals surface area contributed by atoms with Crippen LogP contribution in [0.1, 0.15) is 42.0 Å². The lowest BCUT2D eigenvalue weighted by atomic mass is 9.97. The maximum absolute atomic E-state index is 13.6. The lowest BCUT2D eigenvalue weighted by Crippen LogP contribution is -2.41. The zero-order valence-corrected chi connectivity index (χ0v) is 20.6. The van der Waals surface area contributed by atoms with Gasteiger partial charge in [-0.2, -0.15) is 13.2 Å². The molecule has 1 N–H and O–H groups in total. The summed E-state index contributed by atoms with van der Waals surface area (Å²) in [6.07, 6.45) is -2.03. The Morgan fingerprint density at radius 3 is 2.56 bits per heavy atom. The van der Waals surface area contributed by atoms with Crippen LogP contribution in [0.15, 0.2) is 42.5 Å². The number of nitrogens with zero attached hydrogens (tertiary/aromatic N) is 3. The molecule has 0 spiro atoms. The lowest BCUT2D eigenvalue weighted by Gasteiger charge is -2.30. The monoisotopic (exact) mass is 502 g/mol. The average molecular weight is 503 g/mol. The highest BCUT2D eigenvalue weighted by Gasteiger charge is 2.33. The number of hydrogen-bond acceptors (Lipinski definition) is 4. The van der Waals surface area contributed by atoms with E-state index in [0.717, 1.165) is 48.8 Å². The Morgan fingerprint density at radius 2 is 1.83 bits per heavy atom. The van der Waals surface area contributed by atoms with Crippen molar-refractivity contribution in [2.75, 3.05) is 44.6 Å². The molecule has 2 aliphatic rings. The first-order chi connectivity index (χ1) is 17.3. The fourth-order valence-electron chi connectivity index (χ4n) is 4.99. The van der Waals surface area contributed by atoms with Crippen LogP contribution in [0.3, 0.4) is 0 Å². The average Bonchev–Trinajstić information content (AvgIpc) is 3.38. The number of fused-ring (bicyclic) bond motifs is 1. The van der Waals surface area contributed by atoms with Gasteiger partial charge in [0.05, 0.1) is 18.5 Å². The van der Waals surface area contributed by atoms with E-state index in [9.17, 15) is 22.8 Å². The largest absolute Gasteiger partial charge is 0.416 e. The van der Waals surface area contributed by atoms with Gasteiger partial charge in [0.2, 0.25) is 11.8 Å². The van der Waals surface area contributed by atoms with Gasteiger partial charge in [0.25, 0.3) is 0 Å². The number of benzene rings is 2. The molecule has 194 valence electrons. The predicted octanol–water partition coefficient (Wildman–Crippen LogP) is 4.15. The molecule has 0 bridgehead atoms. The van der Waals surface area contributed by atoms with Gasteiger partial charge in [-0.25, -0.2) is 0 Å². The fraction of sp³-hybridized carbons (Fsp3) is 0.481. The number of amides is 2. The molecule has 0 aliphatic carbocycles. The zero-order chi connectivity index (χ0) is 25.7. The van der Waals surface area contributed by atoms with E-state index in [-0.39, 0.29) is 36.9 Å². The van der Waals surface area contributed by atoms with Crippen molar-refractivity contribution in [3.63, 3.8) is 0 Å². The van der Waals surface area contributed by atoms with Crippen molar-refractivity contribution in [3.05, 3.63) is 64.7 Å². The molecule has 2 aromatic carbocycles. The molecule has 2 heterocycles. The number of nitrogens with one attached hydrogen (secondary N) is 1. The molecule has 2 aromatic rings. The normalized spacial score (nSPS) is 16.2. The van der Waals surface area contributed by atoms with Gasteiger partial charge in [-0.3, -0.25) is 9.59 Å². The first kappa shape index (κ1) is 26.0. The number of hydrogen-bond donors (Lipinski definition) is 1. The second kappa shape index (κ2) is 11.3. The number of rotatable bonds is 9. The number of alkyl halides is 3. The molecule has 0 unspecified atom stereocenters. The predicted molar refractivity (Wildman–Crippen MR) is 132 cm³/mol. The first-order valence-electron chi connectivity index (χ1n) is 12.5.